The fourth-order valence-electron chi connectivity index (χ4n) is 6.19. The first-order chi connectivity index (χ1) is 21.2. The smallest absolute Gasteiger partial charge is 0.358 e. The predicted molar refractivity (Wildman–Crippen MR) is 175 cm³/mol. The van der Waals surface area contributed by atoms with E-state index >= 15 is 0 Å². The van der Waals surface area contributed by atoms with Crippen LogP contribution in [-0.4, -0.2) is 14.0 Å². The van der Waals surface area contributed by atoms with Crippen molar-refractivity contribution >= 4 is 49.1 Å². The zero-order valence-electron chi connectivity index (χ0n) is 24.3. The maximum absolute atomic E-state index is 4.22. The molecule has 0 spiro atoms. The van der Waals surface area contributed by atoms with Gasteiger partial charge in [0.2, 0.25) is 6.33 Å². The molecular weight excluding hydrogens is 717 g/mol. The third-order valence-electron chi connectivity index (χ3n) is 8.11. The van der Waals surface area contributed by atoms with Crippen LogP contribution >= 0.6 is 0 Å². The summed E-state index contributed by atoms with van der Waals surface area (Å²) in [6.07, 6.45) is 5.35. The molecule has 0 N–H and O–H groups in total. The van der Waals surface area contributed by atoms with Crippen LogP contribution in [0, 0.1) is 18.5 Å². The number of aromatic nitrogens is 4. The molecular formula is C39H28IrN4+. The van der Waals surface area contributed by atoms with Gasteiger partial charge in [-0.05, 0) is 48.3 Å². The average Bonchev–Trinajstić information content (AvgIpc) is 3.73. The van der Waals surface area contributed by atoms with Gasteiger partial charge in [0.1, 0.15) is 0 Å². The Morgan fingerprint density at radius 3 is 2.23 bits per heavy atom. The number of nitrogens with zero attached hydrogens (tertiary/aromatic N) is 4. The van der Waals surface area contributed by atoms with E-state index in [0.29, 0.717) is 6.04 Å². The van der Waals surface area contributed by atoms with Crippen LogP contribution in [0.3, 0.4) is 0 Å². The van der Waals surface area contributed by atoms with Crippen LogP contribution in [0.1, 0.15) is 19.9 Å². The van der Waals surface area contributed by atoms with Crippen molar-refractivity contribution in [3.05, 3.63) is 146 Å². The molecule has 0 saturated heterocycles. The van der Waals surface area contributed by atoms with Crippen molar-refractivity contribution in [3.63, 3.8) is 0 Å². The molecule has 9 aromatic rings. The van der Waals surface area contributed by atoms with E-state index in [4.69, 9.17) is 0 Å². The van der Waals surface area contributed by atoms with Gasteiger partial charge in [0, 0.05) is 22.6 Å². The molecule has 4 aromatic heterocycles. The van der Waals surface area contributed by atoms with Crippen LogP contribution in [-0.2, 0) is 20.1 Å². The molecule has 9 rings (SSSR count). The molecule has 0 aliphatic rings. The number of pyridine rings is 1. The van der Waals surface area contributed by atoms with Crippen molar-refractivity contribution in [2.45, 2.75) is 19.9 Å². The van der Waals surface area contributed by atoms with Gasteiger partial charge in [0.05, 0.1) is 17.1 Å². The maximum Gasteiger partial charge on any atom is 3.00 e. The Balaban J connectivity index is 0.000000203. The summed E-state index contributed by atoms with van der Waals surface area (Å²) in [5.74, 6) is 0. The Kier molecular flexibility index (Phi) is 7.21. The zero-order valence-corrected chi connectivity index (χ0v) is 26.7. The van der Waals surface area contributed by atoms with Gasteiger partial charge >= 0.3 is 20.1 Å². The molecule has 0 unspecified atom stereocenters. The van der Waals surface area contributed by atoms with Crippen LogP contribution in [0.2, 0.25) is 0 Å². The summed E-state index contributed by atoms with van der Waals surface area (Å²) in [5.41, 5.74) is 9.09. The number of benzene rings is 5. The summed E-state index contributed by atoms with van der Waals surface area (Å²) in [4.78, 5) is 4.22. The summed E-state index contributed by atoms with van der Waals surface area (Å²) in [6, 6.07) is 49.0. The van der Waals surface area contributed by atoms with E-state index in [1.165, 1.54) is 38.2 Å². The Hall–Kier alpha value is -4.83. The van der Waals surface area contributed by atoms with Gasteiger partial charge in [-0.1, -0.05) is 78.2 Å². The molecule has 0 fully saturated rings. The number of hydrogen-bond donors (Lipinski definition) is 0. The Morgan fingerprint density at radius 2 is 1.43 bits per heavy atom. The van der Waals surface area contributed by atoms with E-state index in [1.807, 2.05) is 42.5 Å². The summed E-state index contributed by atoms with van der Waals surface area (Å²) < 4.78 is 6.73. The first-order valence-electron chi connectivity index (χ1n) is 14.6. The predicted octanol–water partition coefficient (Wildman–Crippen LogP) is 8.80. The van der Waals surface area contributed by atoms with Gasteiger partial charge in [0.25, 0.3) is 0 Å². The first kappa shape index (κ1) is 28.0. The van der Waals surface area contributed by atoms with E-state index in [9.17, 15) is 0 Å². The van der Waals surface area contributed by atoms with Crippen LogP contribution in [0.5, 0.6) is 0 Å². The summed E-state index contributed by atoms with van der Waals surface area (Å²) >= 11 is 0. The Morgan fingerprint density at radius 1 is 0.682 bits per heavy atom. The topological polar surface area (TPSA) is 26.1 Å². The molecule has 44 heavy (non-hydrogen) atoms. The van der Waals surface area contributed by atoms with Crippen LogP contribution < -0.4 is 4.57 Å². The van der Waals surface area contributed by atoms with Crippen molar-refractivity contribution in [2.75, 3.05) is 0 Å². The maximum atomic E-state index is 4.22. The third kappa shape index (κ3) is 4.48. The van der Waals surface area contributed by atoms with Crippen molar-refractivity contribution in [3.8, 4) is 16.9 Å². The van der Waals surface area contributed by atoms with Crippen molar-refractivity contribution in [1.82, 2.24) is 14.0 Å². The zero-order chi connectivity index (χ0) is 28.9. The molecule has 0 bridgehead atoms. The molecule has 0 amide bonds. The molecule has 4 heterocycles. The summed E-state index contributed by atoms with van der Waals surface area (Å²) in [6.45, 7) is 4.39. The molecule has 5 aromatic carbocycles. The minimum Gasteiger partial charge on any atom is -0.358 e. The Bertz CT molecular complexity index is 2330. The van der Waals surface area contributed by atoms with Gasteiger partial charge in [-0.25, -0.2) is 0 Å². The normalized spacial score (nSPS) is 11.4. The molecule has 0 atom stereocenters. The standard InChI is InChI=1S/C28H20N3.C11H8N.Ir/c1-18(2)29-17-30(27-13-6-5-12-26(27)29)19-14-15-25-23(16-19)22-10-7-9-21-20-8-3-4-11-24(20)31(25)28(21)22;1-2-6-10(7-3-1)11-8-4-5-9-12-11;/h3-15,18H,1-2H3;1-6,8-9H;/q2*-1;+3. The molecule has 4 nitrogen and oxygen atoms in total. The molecule has 212 valence electrons. The first-order valence-corrected chi connectivity index (χ1v) is 14.6. The van der Waals surface area contributed by atoms with Crippen LogP contribution in [0.25, 0.3) is 66.1 Å². The monoisotopic (exact) mass is 745 g/mol. The molecule has 5 heteroatoms. The number of rotatable bonds is 3. The van der Waals surface area contributed by atoms with Gasteiger partial charge in [0.15, 0.2) is 0 Å². The number of fused-ring (bicyclic) bond motifs is 7. The second-order valence-corrected chi connectivity index (χ2v) is 11.0. The molecule has 0 aliphatic heterocycles. The van der Waals surface area contributed by atoms with E-state index in [2.05, 4.69) is 130 Å². The molecule has 0 radical (unpaired) electrons. The quantitative estimate of drug-likeness (QED) is 0.131. The molecule has 0 saturated carbocycles. The van der Waals surface area contributed by atoms with E-state index in [0.717, 1.165) is 27.8 Å². The van der Waals surface area contributed by atoms with E-state index < -0.39 is 0 Å². The molecule has 0 aliphatic carbocycles. The van der Waals surface area contributed by atoms with Gasteiger partial charge in [-0.2, -0.15) is 0 Å². The largest absolute Gasteiger partial charge is 3.00 e. The fraction of sp³-hybridized carbons (Fsp3) is 0.0769. The van der Waals surface area contributed by atoms with Gasteiger partial charge in [-0.15, -0.1) is 59.5 Å². The number of hydrogen-bond acceptors (Lipinski definition) is 1. The second-order valence-electron chi connectivity index (χ2n) is 11.0. The second kappa shape index (κ2) is 11.3. The fourth-order valence-corrected chi connectivity index (χ4v) is 6.19. The van der Waals surface area contributed by atoms with Crippen LogP contribution in [0.4, 0.5) is 0 Å². The van der Waals surface area contributed by atoms with Crippen molar-refractivity contribution < 1.29 is 24.7 Å². The minimum absolute atomic E-state index is 0. The van der Waals surface area contributed by atoms with Crippen molar-refractivity contribution in [1.29, 1.82) is 0 Å². The SMILES string of the molecule is CC(C)[n+]1[c-]n(-c2[c-]c3c4cccc5c6ccccc6n(c3cc2)c45)c2ccccc21.[Ir+3].[c-]1ccccc1-c1ccccn1. The minimum atomic E-state index is 0. The number of imidazole rings is 1. The van der Waals surface area contributed by atoms with E-state index in [-0.39, 0.29) is 20.1 Å². The van der Waals surface area contributed by atoms with Gasteiger partial charge < -0.3 is 18.5 Å². The summed E-state index contributed by atoms with van der Waals surface area (Å²) in [7, 11) is 0. The average molecular weight is 745 g/mol. The van der Waals surface area contributed by atoms with E-state index in [1.54, 1.807) is 6.20 Å². The van der Waals surface area contributed by atoms with Crippen LogP contribution in [0.15, 0.2) is 128 Å². The third-order valence-corrected chi connectivity index (χ3v) is 8.11. The van der Waals surface area contributed by atoms with Gasteiger partial charge in [-0.3, -0.25) is 0 Å². The van der Waals surface area contributed by atoms with Crippen molar-refractivity contribution in [2.24, 2.45) is 0 Å². The Labute approximate surface area is 269 Å². The number of para-hydroxylation sites is 4. The summed E-state index contributed by atoms with van der Waals surface area (Å²) in [5, 5.41) is 5.01.